The van der Waals surface area contributed by atoms with Gasteiger partial charge in [-0.15, -0.1) is 6.58 Å². The average Bonchev–Trinajstić information content (AvgIpc) is 3.48. The van der Waals surface area contributed by atoms with Crippen molar-refractivity contribution in [1.29, 1.82) is 0 Å². The molecule has 0 radical (unpaired) electrons. The predicted octanol–water partition coefficient (Wildman–Crippen LogP) is 2.05. The molecule has 3 atom stereocenters. The first kappa shape index (κ1) is 21.0. The highest BCUT2D eigenvalue weighted by Crippen LogP contribution is 2.44. The van der Waals surface area contributed by atoms with Crippen molar-refractivity contribution in [2.24, 2.45) is 5.73 Å². The smallest absolute Gasteiger partial charge is 0.239 e. The van der Waals surface area contributed by atoms with Crippen LogP contribution in [0.2, 0.25) is 0 Å². The van der Waals surface area contributed by atoms with Crippen LogP contribution in [0.3, 0.4) is 0 Å². The number of rotatable bonds is 9. The van der Waals surface area contributed by atoms with Crippen LogP contribution in [0.1, 0.15) is 30.7 Å². The second-order valence-electron chi connectivity index (χ2n) is 8.12. The number of halogens is 1. The number of amides is 1. The van der Waals surface area contributed by atoms with E-state index < -0.39 is 6.04 Å². The highest BCUT2D eigenvalue weighted by atomic mass is 19.1. The Morgan fingerprint density at radius 1 is 1.32 bits per heavy atom. The molecule has 6 heteroatoms. The zero-order chi connectivity index (χ0) is 20.1. The number of piperazine rings is 1. The Hall–Kier alpha value is -1.76. The molecule has 1 aromatic carbocycles. The van der Waals surface area contributed by atoms with Gasteiger partial charge in [0.15, 0.2) is 0 Å². The summed E-state index contributed by atoms with van der Waals surface area (Å²) in [6, 6.07) is 6.89. The summed E-state index contributed by atoms with van der Waals surface area (Å²) in [5.74, 6) is 0.350. The zero-order valence-corrected chi connectivity index (χ0v) is 16.9. The number of likely N-dealkylation sites (N-methyl/N-ethyl adjacent to an activating group) is 1. The summed E-state index contributed by atoms with van der Waals surface area (Å²) >= 11 is 0. The summed E-state index contributed by atoms with van der Waals surface area (Å²) in [6.07, 6.45) is 4.61. The van der Waals surface area contributed by atoms with Gasteiger partial charge < -0.3 is 15.5 Å². The highest BCUT2D eigenvalue weighted by molar-refractivity contribution is 5.81. The van der Waals surface area contributed by atoms with Crippen LogP contribution in [0.15, 0.2) is 36.9 Å². The monoisotopic (exact) mass is 388 g/mol. The number of hydrogen-bond donors (Lipinski definition) is 1. The van der Waals surface area contributed by atoms with Crippen molar-refractivity contribution < 1.29 is 9.18 Å². The van der Waals surface area contributed by atoms with Crippen molar-refractivity contribution in [3.8, 4) is 0 Å². The SMILES string of the molecule is C=CCN(CCC[C@H](N)C(=O)N1CCN(C)CC1)C1C[C@H]1c1ccc(F)cc1. The first-order valence-electron chi connectivity index (χ1n) is 10.3. The van der Waals surface area contributed by atoms with Gasteiger partial charge in [0.25, 0.3) is 0 Å². The Bertz CT molecular complexity index is 657. The lowest BCUT2D eigenvalue weighted by atomic mass is 10.1. The second kappa shape index (κ2) is 9.63. The number of benzene rings is 1. The molecular formula is C22H33FN4O. The van der Waals surface area contributed by atoms with Crippen molar-refractivity contribution in [1.82, 2.24) is 14.7 Å². The molecule has 5 nitrogen and oxygen atoms in total. The fraction of sp³-hybridized carbons (Fsp3) is 0.591. The quantitative estimate of drug-likeness (QED) is 0.658. The topological polar surface area (TPSA) is 52.8 Å². The number of nitrogens with two attached hydrogens (primary N) is 1. The lowest BCUT2D eigenvalue weighted by Crippen LogP contribution is -2.52. The largest absolute Gasteiger partial charge is 0.339 e. The van der Waals surface area contributed by atoms with Gasteiger partial charge in [0.1, 0.15) is 5.82 Å². The molecule has 0 aromatic heterocycles. The van der Waals surface area contributed by atoms with E-state index in [1.807, 2.05) is 23.1 Å². The minimum Gasteiger partial charge on any atom is -0.339 e. The van der Waals surface area contributed by atoms with Crippen LogP contribution < -0.4 is 5.73 Å². The first-order valence-corrected chi connectivity index (χ1v) is 10.3. The van der Waals surface area contributed by atoms with Gasteiger partial charge >= 0.3 is 0 Å². The third-order valence-electron chi connectivity index (χ3n) is 5.98. The summed E-state index contributed by atoms with van der Waals surface area (Å²) in [6.45, 7) is 8.97. The number of carbonyl (C=O) groups is 1. The highest BCUT2D eigenvalue weighted by Gasteiger charge is 2.42. The van der Waals surface area contributed by atoms with Crippen molar-refractivity contribution in [2.75, 3.05) is 46.3 Å². The molecule has 3 rings (SSSR count). The Balaban J connectivity index is 1.44. The van der Waals surface area contributed by atoms with Crippen LogP contribution in [0.5, 0.6) is 0 Å². The third kappa shape index (κ3) is 5.40. The van der Waals surface area contributed by atoms with Crippen molar-refractivity contribution in [2.45, 2.75) is 37.3 Å². The van der Waals surface area contributed by atoms with E-state index in [-0.39, 0.29) is 11.7 Å². The summed E-state index contributed by atoms with van der Waals surface area (Å²) < 4.78 is 13.1. The van der Waals surface area contributed by atoms with E-state index in [2.05, 4.69) is 23.4 Å². The summed E-state index contributed by atoms with van der Waals surface area (Å²) in [5.41, 5.74) is 7.38. The molecule has 1 saturated heterocycles. The van der Waals surface area contributed by atoms with Crippen LogP contribution in [0, 0.1) is 5.82 Å². The molecular weight excluding hydrogens is 355 g/mol. The average molecular weight is 389 g/mol. The minimum atomic E-state index is -0.416. The molecule has 1 aromatic rings. The Morgan fingerprint density at radius 3 is 2.64 bits per heavy atom. The maximum absolute atomic E-state index is 13.1. The molecule has 1 aliphatic heterocycles. The van der Waals surface area contributed by atoms with Crippen LogP contribution in [-0.2, 0) is 4.79 Å². The van der Waals surface area contributed by atoms with Crippen LogP contribution in [-0.4, -0.2) is 79.0 Å². The molecule has 1 heterocycles. The number of carbonyl (C=O) groups excluding carboxylic acids is 1. The van der Waals surface area contributed by atoms with Gasteiger partial charge in [0.05, 0.1) is 6.04 Å². The van der Waals surface area contributed by atoms with Gasteiger partial charge in [0, 0.05) is 44.7 Å². The van der Waals surface area contributed by atoms with Gasteiger partial charge in [-0.1, -0.05) is 18.2 Å². The normalized spacial score (nSPS) is 23.6. The summed E-state index contributed by atoms with van der Waals surface area (Å²) in [5, 5.41) is 0. The molecule has 1 aliphatic carbocycles. The summed E-state index contributed by atoms with van der Waals surface area (Å²) in [4.78, 5) is 19.1. The van der Waals surface area contributed by atoms with Crippen LogP contribution in [0.4, 0.5) is 4.39 Å². The molecule has 0 spiro atoms. The van der Waals surface area contributed by atoms with E-state index in [1.165, 1.54) is 17.7 Å². The van der Waals surface area contributed by atoms with E-state index in [9.17, 15) is 9.18 Å². The molecule has 154 valence electrons. The van der Waals surface area contributed by atoms with Crippen molar-refractivity contribution >= 4 is 5.91 Å². The Morgan fingerprint density at radius 2 is 2.00 bits per heavy atom. The molecule has 2 N–H and O–H groups in total. The van der Waals surface area contributed by atoms with E-state index >= 15 is 0 Å². The van der Waals surface area contributed by atoms with Gasteiger partial charge in [-0.2, -0.15) is 0 Å². The minimum absolute atomic E-state index is 0.0824. The van der Waals surface area contributed by atoms with Gasteiger partial charge in [0.2, 0.25) is 5.91 Å². The Labute approximate surface area is 168 Å². The lowest BCUT2D eigenvalue weighted by molar-refractivity contribution is -0.134. The maximum atomic E-state index is 13.1. The van der Waals surface area contributed by atoms with E-state index in [4.69, 9.17) is 5.73 Å². The fourth-order valence-electron chi connectivity index (χ4n) is 4.11. The fourth-order valence-corrected chi connectivity index (χ4v) is 4.11. The molecule has 0 bridgehead atoms. The maximum Gasteiger partial charge on any atom is 0.239 e. The van der Waals surface area contributed by atoms with Crippen LogP contribution >= 0.6 is 0 Å². The van der Waals surface area contributed by atoms with Gasteiger partial charge in [-0.05, 0) is 50.6 Å². The standard InChI is InChI=1S/C22H33FN4O/c1-3-10-26(21-16-19(21)17-6-8-18(23)9-7-17)11-4-5-20(24)22(28)27-14-12-25(2)13-15-27/h3,6-9,19-21H,1,4-5,10-16,24H2,2H3/t19-,20-,21?/m0/s1. The second-order valence-corrected chi connectivity index (χ2v) is 8.12. The molecule has 2 fully saturated rings. The Kier molecular flexibility index (Phi) is 7.21. The third-order valence-corrected chi connectivity index (χ3v) is 5.98. The number of nitrogens with zero attached hydrogens (tertiary/aromatic N) is 3. The van der Waals surface area contributed by atoms with Crippen LogP contribution in [0.25, 0.3) is 0 Å². The molecule has 1 saturated carbocycles. The summed E-state index contributed by atoms with van der Waals surface area (Å²) in [7, 11) is 2.08. The zero-order valence-electron chi connectivity index (χ0n) is 16.9. The van der Waals surface area contributed by atoms with Crippen molar-refractivity contribution in [3.63, 3.8) is 0 Å². The molecule has 2 aliphatic rings. The lowest BCUT2D eigenvalue weighted by Gasteiger charge is -2.34. The number of hydrogen-bond acceptors (Lipinski definition) is 4. The molecule has 28 heavy (non-hydrogen) atoms. The van der Waals surface area contributed by atoms with E-state index in [1.54, 1.807) is 0 Å². The molecule has 1 amide bonds. The van der Waals surface area contributed by atoms with Gasteiger partial charge in [-0.3, -0.25) is 9.69 Å². The predicted molar refractivity (Wildman–Crippen MR) is 111 cm³/mol. The van der Waals surface area contributed by atoms with E-state index in [0.717, 1.165) is 52.1 Å². The first-order chi connectivity index (χ1) is 13.5. The molecule has 1 unspecified atom stereocenters. The van der Waals surface area contributed by atoms with Gasteiger partial charge in [-0.25, -0.2) is 4.39 Å². The van der Waals surface area contributed by atoms with Crippen molar-refractivity contribution in [3.05, 3.63) is 48.3 Å². The van der Waals surface area contributed by atoms with E-state index in [0.29, 0.717) is 18.4 Å².